The quantitative estimate of drug-likeness (QED) is 0.517. The molecule has 0 saturated carbocycles. The van der Waals surface area contributed by atoms with Crippen LogP contribution in [0.5, 0.6) is 0 Å². The van der Waals surface area contributed by atoms with Crippen LogP contribution in [0.3, 0.4) is 0 Å². The molecule has 2 N–H and O–H groups in total. The molecular weight excluding hydrogens is 511 g/mol. The van der Waals surface area contributed by atoms with Gasteiger partial charge in [0, 0.05) is 54.7 Å². The van der Waals surface area contributed by atoms with Crippen molar-refractivity contribution in [3.05, 3.63) is 64.1 Å². The summed E-state index contributed by atoms with van der Waals surface area (Å²) < 4.78 is 49.1. The molecule has 2 unspecified atom stereocenters. The maximum Gasteiger partial charge on any atom is 0.338 e. The lowest BCUT2D eigenvalue weighted by molar-refractivity contribution is -0.139. The molecule has 2 atom stereocenters. The van der Waals surface area contributed by atoms with Crippen LogP contribution in [-0.4, -0.2) is 69.6 Å². The van der Waals surface area contributed by atoms with Gasteiger partial charge in [-0.25, -0.2) is 22.9 Å². The highest BCUT2D eigenvalue weighted by Crippen LogP contribution is 2.38. The van der Waals surface area contributed by atoms with E-state index in [4.69, 9.17) is 16.3 Å². The number of nitrogens with one attached hydrogen (secondary N) is 1. The average molecular weight is 542 g/mol. The Labute approximate surface area is 218 Å². The first-order chi connectivity index (χ1) is 17.6. The third-order valence-corrected chi connectivity index (χ3v) is 6.30. The monoisotopic (exact) mass is 541 g/mol. The minimum Gasteiger partial charge on any atom is -0.463 e. The molecule has 0 radical (unpaired) electrons. The van der Waals surface area contributed by atoms with Gasteiger partial charge in [-0.3, -0.25) is 9.89 Å². The smallest absolute Gasteiger partial charge is 0.338 e. The molecule has 0 spiro atoms. The molecule has 0 amide bonds. The summed E-state index contributed by atoms with van der Waals surface area (Å²) in [6, 6.07) is 1.92. The summed E-state index contributed by atoms with van der Waals surface area (Å²) in [4.78, 5) is 23.5. The fourth-order valence-electron chi connectivity index (χ4n) is 4.36. The summed E-state index contributed by atoms with van der Waals surface area (Å²) in [7, 11) is 1.75. The van der Waals surface area contributed by atoms with Crippen LogP contribution in [0.4, 0.5) is 13.2 Å². The van der Waals surface area contributed by atoms with Gasteiger partial charge >= 0.3 is 5.97 Å². The van der Waals surface area contributed by atoms with Gasteiger partial charge in [0.15, 0.2) is 11.7 Å². The van der Waals surface area contributed by atoms with E-state index in [9.17, 15) is 23.1 Å². The number of aliphatic hydroxyl groups is 1. The van der Waals surface area contributed by atoms with Gasteiger partial charge in [-0.1, -0.05) is 31.5 Å². The Balaban J connectivity index is 0.00000186. The summed E-state index contributed by atoms with van der Waals surface area (Å²) >= 11 is 6.35. The number of aliphatic hydroxyl groups excluding tert-OH is 1. The number of ether oxygens (including phenoxy) is 1. The summed E-state index contributed by atoms with van der Waals surface area (Å²) in [6.45, 7) is 4.53. The topological polar surface area (TPSA) is 92.0 Å². The van der Waals surface area contributed by atoms with Crippen molar-refractivity contribution in [1.29, 1.82) is 0 Å². The number of esters is 1. The maximum absolute atomic E-state index is 14.2. The molecule has 0 aliphatic carbocycles. The number of nitrogens with zero attached hydrogens (tertiary/aromatic N) is 4. The van der Waals surface area contributed by atoms with Crippen molar-refractivity contribution in [1.82, 2.24) is 19.8 Å². The SMILES string of the molecule is CC.CCOC(=O)C1=C(CN2CC(F)(F)CC2CO)NC(c2nccn2C)=NC1c1ccc(F)cc1Cl. The summed E-state index contributed by atoms with van der Waals surface area (Å²) in [6.07, 6.45) is 2.76. The highest BCUT2D eigenvalue weighted by atomic mass is 35.5. The van der Waals surface area contributed by atoms with Crippen LogP contribution >= 0.6 is 11.6 Å². The first kappa shape index (κ1) is 28.7. The molecular formula is C25H31ClF3N5O3. The molecule has 1 aromatic heterocycles. The van der Waals surface area contributed by atoms with E-state index in [0.29, 0.717) is 11.4 Å². The minimum absolute atomic E-state index is 0.0435. The maximum atomic E-state index is 14.2. The van der Waals surface area contributed by atoms with Crippen molar-refractivity contribution in [2.45, 2.75) is 45.2 Å². The second-order valence-electron chi connectivity index (χ2n) is 8.45. The third-order valence-electron chi connectivity index (χ3n) is 5.97. The molecule has 8 nitrogen and oxygen atoms in total. The molecule has 1 fully saturated rings. The first-order valence-corrected chi connectivity index (χ1v) is 12.4. The van der Waals surface area contributed by atoms with E-state index in [2.05, 4.69) is 15.3 Å². The summed E-state index contributed by atoms with van der Waals surface area (Å²) in [5.41, 5.74) is 0.663. The minimum atomic E-state index is -2.98. The van der Waals surface area contributed by atoms with Gasteiger partial charge in [0.05, 0.1) is 25.3 Å². The lowest BCUT2D eigenvalue weighted by atomic mass is 9.95. The van der Waals surface area contributed by atoms with Gasteiger partial charge in [-0.2, -0.15) is 0 Å². The van der Waals surface area contributed by atoms with Crippen LogP contribution in [0.25, 0.3) is 0 Å². The number of imidazole rings is 1. The Kier molecular flexibility index (Phi) is 9.38. The number of aliphatic imine (C=N–C) groups is 1. The number of carbonyl (C=O) groups excluding carboxylic acids is 1. The third kappa shape index (κ3) is 6.34. The number of alkyl halides is 2. The van der Waals surface area contributed by atoms with Crippen molar-refractivity contribution < 1.29 is 27.8 Å². The van der Waals surface area contributed by atoms with Gasteiger partial charge in [0.1, 0.15) is 11.9 Å². The Morgan fingerprint density at radius 3 is 2.68 bits per heavy atom. The van der Waals surface area contributed by atoms with Crippen LogP contribution in [-0.2, 0) is 16.6 Å². The zero-order valence-electron chi connectivity index (χ0n) is 21.1. The Bertz CT molecular complexity index is 1180. The number of benzene rings is 1. The molecule has 2 aromatic rings. The standard InChI is InChI=1S/C23H25ClF3N5O3.C2H6/c1-3-35-22(34)18-17(10-32-12-23(26,27)9-14(32)11-33)29-20(21-28-6-7-31(21)2)30-19(18)15-5-4-13(25)8-16(15)24;1-2/h4-8,14,19,33H,3,9-12H2,1-2H3,(H,29,30);1-2H3. The number of hydrogen-bond donors (Lipinski definition) is 2. The van der Waals surface area contributed by atoms with Gasteiger partial charge in [0.2, 0.25) is 0 Å². The number of amidine groups is 1. The van der Waals surface area contributed by atoms with Crippen molar-refractivity contribution >= 4 is 23.4 Å². The number of carbonyl (C=O) groups is 1. The van der Waals surface area contributed by atoms with Gasteiger partial charge in [-0.05, 0) is 19.1 Å². The molecule has 202 valence electrons. The Morgan fingerprint density at radius 2 is 2.08 bits per heavy atom. The summed E-state index contributed by atoms with van der Waals surface area (Å²) in [5, 5.41) is 12.8. The van der Waals surface area contributed by atoms with Gasteiger partial charge < -0.3 is 19.7 Å². The lowest BCUT2D eigenvalue weighted by Gasteiger charge is -2.31. The van der Waals surface area contributed by atoms with Gasteiger partial charge in [-0.15, -0.1) is 0 Å². The van der Waals surface area contributed by atoms with E-state index >= 15 is 0 Å². The number of rotatable bonds is 7. The molecule has 2 aliphatic heterocycles. The van der Waals surface area contributed by atoms with Gasteiger partial charge in [0.25, 0.3) is 5.92 Å². The molecule has 4 rings (SSSR count). The van der Waals surface area contributed by atoms with E-state index in [1.54, 1.807) is 30.9 Å². The zero-order chi connectivity index (χ0) is 27.3. The van der Waals surface area contributed by atoms with E-state index in [1.807, 2.05) is 13.8 Å². The zero-order valence-corrected chi connectivity index (χ0v) is 21.9. The van der Waals surface area contributed by atoms with Crippen molar-refractivity contribution in [3.8, 4) is 0 Å². The van der Waals surface area contributed by atoms with E-state index in [-0.39, 0.29) is 35.3 Å². The van der Waals surface area contributed by atoms with Crippen LogP contribution in [0.1, 0.15) is 44.6 Å². The average Bonchev–Trinajstić information content (AvgIpc) is 3.41. The number of halogens is 4. The van der Waals surface area contributed by atoms with Crippen molar-refractivity contribution in [2.75, 3.05) is 26.3 Å². The molecule has 0 bridgehead atoms. The molecule has 1 aromatic carbocycles. The number of aryl methyl sites for hydroxylation is 1. The van der Waals surface area contributed by atoms with Crippen LogP contribution in [0.2, 0.25) is 5.02 Å². The molecule has 1 saturated heterocycles. The highest BCUT2D eigenvalue weighted by molar-refractivity contribution is 6.31. The largest absolute Gasteiger partial charge is 0.463 e. The fraction of sp³-hybridized carbons (Fsp3) is 0.480. The normalized spacial score (nSPS) is 21.2. The summed E-state index contributed by atoms with van der Waals surface area (Å²) in [5.74, 6) is -3.55. The number of likely N-dealkylation sites (tertiary alicyclic amines) is 1. The molecule has 2 aliphatic rings. The number of aromatic nitrogens is 2. The van der Waals surface area contributed by atoms with E-state index in [0.717, 1.165) is 6.07 Å². The Hall–Kier alpha value is -2.89. The fourth-order valence-corrected chi connectivity index (χ4v) is 4.63. The predicted octanol–water partition coefficient (Wildman–Crippen LogP) is 3.85. The highest BCUT2D eigenvalue weighted by Gasteiger charge is 2.46. The van der Waals surface area contributed by atoms with Crippen LogP contribution < -0.4 is 5.32 Å². The molecule has 37 heavy (non-hydrogen) atoms. The molecule has 3 heterocycles. The van der Waals surface area contributed by atoms with Crippen molar-refractivity contribution in [3.63, 3.8) is 0 Å². The lowest BCUT2D eigenvalue weighted by Crippen LogP contribution is -2.43. The van der Waals surface area contributed by atoms with E-state index in [1.165, 1.54) is 17.0 Å². The van der Waals surface area contributed by atoms with Crippen LogP contribution in [0.15, 0.2) is 46.9 Å². The second kappa shape index (κ2) is 12.1. The first-order valence-electron chi connectivity index (χ1n) is 12.0. The Morgan fingerprint density at radius 1 is 1.35 bits per heavy atom. The second-order valence-corrected chi connectivity index (χ2v) is 8.85. The van der Waals surface area contributed by atoms with E-state index < -0.39 is 49.4 Å². The predicted molar refractivity (Wildman–Crippen MR) is 134 cm³/mol. The van der Waals surface area contributed by atoms with Crippen molar-refractivity contribution in [2.24, 2.45) is 12.0 Å². The number of hydrogen-bond acceptors (Lipinski definition) is 7. The van der Waals surface area contributed by atoms with Crippen LogP contribution in [0, 0.1) is 5.82 Å². The molecule has 12 heteroatoms.